The molecule has 0 aliphatic carbocycles. The molecule has 0 unspecified atom stereocenters. The highest BCUT2D eigenvalue weighted by molar-refractivity contribution is 7.09. The van der Waals surface area contributed by atoms with E-state index in [1.54, 1.807) is 35.8 Å². The first-order chi connectivity index (χ1) is 10.8. The van der Waals surface area contributed by atoms with Crippen molar-refractivity contribution in [3.63, 3.8) is 0 Å². The molecule has 0 spiro atoms. The summed E-state index contributed by atoms with van der Waals surface area (Å²) in [6.07, 6.45) is 3.21. The molecule has 0 radical (unpaired) electrons. The van der Waals surface area contributed by atoms with Crippen LogP contribution in [0.2, 0.25) is 0 Å². The summed E-state index contributed by atoms with van der Waals surface area (Å²) in [5.41, 5.74) is 4.24. The maximum Gasteiger partial charge on any atom is 0.161 e. The van der Waals surface area contributed by atoms with E-state index in [4.69, 9.17) is 9.47 Å². The molecule has 114 valence electrons. The van der Waals surface area contributed by atoms with Gasteiger partial charge in [-0.05, 0) is 29.1 Å². The highest BCUT2D eigenvalue weighted by Crippen LogP contribution is 2.29. The van der Waals surface area contributed by atoms with Crippen molar-refractivity contribution in [3.05, 3.63) is 58.8 Å². The molecule has 3 aromatic rings. The Hall–Kier alpha value is -2.54. The van der Waals surface area contributed by atoms with Crippen LogP contribution in [0.15, 0.2) is 48.4 Å². The highest BCUT2D eigenvalue weighted by Gasteiger charge is 2.07. The topological polar surface area (TPSA) is 61.2 Å². The molecule has 0 bridgehead atoms. The molecule has 0 aliphatic rings. The fraction of sp³-hybridized carbons (Fsp3) is 0.200. The lowest BCUT2D eigenvalue weighted by Gasteiger charge is -2.12. The molecule has 7 heteroatoms. The number of rotatable bonds is 7. The van der Waals surface area contributed by atoms with Gasteiger partial charge in [-0.2, -0.15) is 0 Å². The minimum atomic E-state index is 0.548. The maximum atomic E-state index is 5.82. The predicted molar refractivity (Wildman–Crippen MR) is 84.7 cm³/mol. The lowest BCUT2D eigenvalue weighted by molar-refractivity contribution is 0.287. The fourth-order valence-corrected chi connectivity index (χ4v) is 2.57. The molecule has 0 atom stereocenters. The molecular formula is C15H16N4O2S. The van der Waals surface area contributed by atoms with E-state index in [1.165, 1.54) is 4.88 Å². The molecule has 6 nitrogen and oxygen atoms in total. The second kappa shape index (κ2) is 6.95. The van der Waals surface area contributed by atoms with Gasteiger partial charge in [0.2, 0.25) is 0 Å². The lowest BCUT2D eigenvalue weighted by atomic mass is 10.2. The molecule has 0 aliphatic heterocycles. The molecular weight excluding hydrogens is 300 g/mol. The van der Waals surface area contributed by atoms with E-state index in [-0.39, 0.29) is 0 Å². The number of nitrogens with one attached hydrogen (secondary N) is 1. The van der Waals surface area contributed by atoms with Gasteiger partial charge in [-0.15, -0.1) is 21.5 Å². The van der Waals surface area contributed by atoms with Gasteiger partial charge in [-0.1, -0.05) is 12.1 Å². The highest BCUT2D eigenvalue weighted by atomic mass is 32.1. The van der Waals surface area contributed by atoms with Gasteiger partial charge in [-0.3, -0.25) is 0 Å². The van der Waals surface area contributed by atoms with Crippen molar-refractivity contribution in [3.8, 4) is 11.5 Å². The van der Waals surface area contributed by atoms with Crippen LogP contribution in [0.3, 0.4) is 0 Å². The van der Waals surface area contributed by atoms with E-state index in [1.807, 2.05) is 29.6 Å². The summed E-state index contributed by atoms with van der Waals surface area (Å²) < 4.78 is 12.9. The Bertz CT molecular complexity index is 698. The van der Waals surface area contributed by atoms with Crippen LogP contribution in [-0.2, 0) is 13.2 Å². The van der Waals surface area contributed by atoms with E-state index in [2.05, 4.69) is 21.7 Å². The molecule has 2 heterocycles. The first-order valence-corrected chi connectivity index (χ1v) is 7.64. The number of benzene rings is 1. The quantitative estimate of drug-likeness (QED) is 0.726. The summed E-state index contributed by atoms with van der Waals surface area (Å²) in [6.45, 7) is 1.19. The van der Waals surface area contributed by atoms with Crippen molar-refractivity contribution in [2.24, 2.45) is 0 Å². The van der Waals surface area contributed by atoms with Crippen LogP contribution < -0.4 is 14.9 Å². The van der Waals surface area contributed by atoms with Crippen LogP contribution >= 0.6 is 11.3 Å². The number of ether oxygens (including phenoxy) is 2. The third-order valence-corrected chi connectivity index (χ3v) is 3.91. The van der Waals surface area contributed by atoms with Crippen molar-refractivity contribution in [1.82, 2.24) is 14.9 Å². The Morgan fingerprint density at radius 3 is 2.77 bits per heavy atom. The normalized spacial score (nSPS) is 10.4. The molecule has 0 saturated carbocycles. The predicted octanol–water partition coefficient (Wildman–Crippen LogP) is 2.67. The number of hydrogen-bond acceptors (Lipinski definition) is 6. The first-order valence-electron chi connectivity index (χ1n) is 6.76. The van der Waals surface area contributed by atoms with Gasteiger partial charge < -0.3 is 14.9 Å². The Labute approximate surface area is 132 Å². The third-order valence-electron chi connectivity index (χ3n) is 3.06. The molecule has 0 saturated heterocycles. The largest absolute Gasteiger partial charge is 0.493 e. The zero-order chi connectivity index (χ0) is 15.2. The fourth-order valence-electron chi connectivity index (χ4n) is 1.95. The Morgan fingerprint density at radius 2 is 2.05 bits per heavy atom. The van der Waals surface area contributed by atoms with E-state index in [9.17, 15) is 0 Å². The Morgan fingerprint density at radius 1 is 1.18 bits per heavy atom. The van der Waals surface area contributed by atoms with Crippen molar-refractivity contribution in [1.29, 1.82) is 0 Å². The number of methoxy groups -OCH3 is 1. The third kappa shape index (κ3) is 3.56. The number of thiophene rings is 1. The smallest absolute Gasteiger partial charge is 0.161 e. The van der Waals surface area contributed by atoms with Crippen molar-refractivity contribution < 1.29 is 9.47 Å². The van der Waals surface area contributed by atoms with Crippen LogP contribution in [0.25, 0.3) is 0 Å². The summed E-state index contributed by atoms with van der Waals surface area (Å²) in [4.78, 5) is 1.18. The van der Waals surface area contributed by atoms with Crippen LogP contribution in [0.5, 0.6) is 11.5 Å². The van der Waals surface area contributed by atoms with Gasteiger partial charge in [0, 0.05) is 4.88 Å². The van der Waals surface area contributed by atoms with E-state index in [0.29, 0.717) is 13.2 Å². The number of hydrogen-bond donors (Lipinski definition) is 1. The molecule has 2 aromatic heterocycles. The summed E-state index contributed by atoms with van der Waals surface area (Å²) in [5.74, 6) is 1.46. The molecule has 0 amide bonds. The van der Waals surface area contributed by atoms with Crippen LogP contribution in [0.4, 0.5) is 0 Å². The first kappa shape index (κ1) is 14.4. The van der Waals surface area contributed by atoms with Gasteiger partial charge in [0.15, 0.2) is 11.5 Å². The molecule has 1 N–H and O–H groups in total. The van der Waals surface area contributed by atoms with Crippen molar-refractivity contribution >= 4 is 11.3 Å². The molecule has 3 rings (SSSR count). The standard InChI is InChI=1S/C15H16N4O2S/c1-20-15-7-12(8-18-19-10-16-17-11-19)4-5-14(15)21-9-13-3-2-6-22-13/h2-7,10-11,18H,8-9H2,1H3. The monoisotopic (exact) mass is 316 g/mol. The van der Waals surface area contributed by atoms with Crippen LogP contribution in [0, 0.1) is 0 Å². The molecule has 22 heavy (non-hydrogen) atoms. The molecule has 0 fully saturated rings. The van der Waals surface area contributed by atoms with Crippen molar-refractivity contribution in [2.75, 3.05) is 12.5 Å². The second-order valence-electron chi connectivity index (χ2n) is 4.56. The zero-order valence-corrected chi connectivity index (χ0v) is 12.9. The van der Waals surface area contributed by atoms with Gasteiger partial charge in [0.05, 0.1) is 13.7 Å². The minimum absolute atomic E-state index is 0.548. The van der Waals surface area contributed by atoms with Gasteiger partial charge in [-0.25, -0.2) is 4.68 Å². The zero-order valence-electron chi connectivity index (χ0n) is 12.1. The summed E-state index contributed by atoms with van der Waals surface area (Å²) in [6, 6.07) is 9.95. The SMILES string of the molecule is COc1cc(CNn2cnnc2)ccc1OCc1cccs1. The van der Waals surface area contributed by atoms with E-state index in [0.717, 1.165) is 17.1 Å². The van der Waals surface area contributed by atoms with Gasteiger partial charge >= 0.3 is 0 Å². The van der Waals surface area contributed by atoms with Crippen LogP contribution in [-0.4, -0.2) is 22.0 Å². The van der Waals surface area contributed by atoms with Crippen molar-refractivity contribution in [2.45, 2.75) is 13.2 Å². The van der Waals surface area contributed by atoms with Gasteiger partial charge in [0.25, 0.3) is 0 Å². The van der Waals surface area contributed by atoms with Gasteiger partial charge in [0.1, 0.15) is 19.3 Å². The Kier molecular flexibility index (Phi) is 4.55. The van der Waals surface area contributed by atoms with E-state index >= 15 is 0 Å². The van der Waals surface area contributed by atoms with E-state index < -0.39 is 0 Å². The minimum Gasteiger partial charge on any atom is -0.493 e. The summed E-state index contributed by atoms with van der Waals surface area (Å²) >= 11 is 1.67. The average molecular weight is 316 g/mol. The Balaban J connectivity index is 1.64. The number of aromatic nitrogens is 3. The lowest BCUT2D eigenvalue weighted by Crippen LogP contribution is -2.12. The average Bonchev–Trinajstić information content (AvgIpc) is 3.24. The maximum absolute atomic E-state index is 5.82. The summed E-state index contributed by atoms with van der Waals surface area (Å²) in [5, 5.41) is 9.51. The van der Waals surface area contributed by atoms with Crippen LogP contribution in [0.1, 0.15) is 10.4 Å². The number of nitrogens with zero attached hydrogens (tertiary/aromatic N) is 3. The molecule has 1 aromatic carbocycles. The summed E-state index contributed by atoms with van der Waals surface area (Å²) in [7, 11) is 1.64. The second-order valence-corrected chi connectivity index (χ2v) is 5.59.